The summed E-state index contributed by atoms with van der Waals surface area (Å²) in [6.07, 6.45) is 0.680. The molecule has 4 aromatic rings. The van der Waals surface area contributed by atoms with Crippen LogP contribution in [0.1, 0.15) is 34.2 Å². The van der Waals surface area contributed by atoms with Gasteiger partial charge in [0, 0.05) is 6.07 Å². The smallest absolute Gasteiger partial charge is 0.337 e. The summed E-state index contributed by atoms with van der Waals surface area (Å²) < 4.78 is 28.3. The van der Waals surface area contributed by atoms with E-state index < -0.39 is 0 Å². The van der Waals surface area contributed by atoms with E-state index in [1.807, 2.05) is 43.3 Å². The second-order valence-corrected chi connectivity index (χ2v) is 8.51. The Labute approximate surface area is 208 Å². The van der Waals surface area contributed by atoms with Crippen LogP contribution in [0.2, 0.25) is 0 Å². The molecule has 1 aromatic heterocycles. The molecule has 0 radical (unpaired) electrons. The van der Waals surface area contributed by atoms with Gasteiger partial charge in [0.15, 0.2) is 11.5 Å². The Morgan fingerprint density at radius 2 is 1.72 bits per heavy atom. The molecule has 36 heavy (non-hydrogen) atoms. The maximum Gasteiger partial charge on any atom is 0.337 e. The molecule has 1 aliphatic rings. The lowest BCUT2D eigenvalue weighted by Gasteiger charge is -2.19. The van der Waals surface area contributed by atoms with Crippen LogP contribution in [-0.4, -0.2) is 26.3 Å². The number of hydrogen-bond donors (Lipinski definition) is 0. The van der Waals surface area contributed by atoms with Gasteiger partial charge in [-0.3, -0.25) is 4.79 Å². The number of benzene rings is 3. The van der Waals surface area contributed by atoms with Crippen LogP contribution in [0.4, 0.5) is 0 Å². The van der Waals surface area contributed by atoms with Crippen molar-refractivity contribution in [1.82, 2.24) is 0 Å². The zero-order valence-electron chi connectivity index (χ0n) is 20.4. The molecule has 0 amide bonds. The number of esters is 1. The maximum atomic E-state index is 13.6. The van der Waals surface area contributed by atoms with Gasteiger partial charge in [-0.1, -0.05) is 25.1 Å². The van der Waals surface area contributed by atoms with Gasteiger partial charge in [-0.05, 0) is 60.4 Å². The first-order valence-electron chi connectivity index (χ1n) is 11.8. The highest BCUT2D eigenvalue weighted by Crippen LogP contribution is 2.36. The minimum atomic E-state index is -0.383. The highest BCUT2D eigenvalue weighted by Gasteiger charge is 2.19. The van der Waals surface area contributed by atoms with Crippen LogP contribution in [-0.2, 0) is 17.8 Å². The Kier molecular flexibility index (Phi) is 6.38. The Hall–Kier alpha value is -4.26. The van der Waals surface area contributed by atoms with E-state index in [1.54, 1.807) is 25.1 Å². The average Bonchev–Trinajstić information content (AvgIpc) is 2.91. The van der Waals surface area contributed by atoms with E-state index in [4.69, 9.17) is 23.4 Å². The fourth-order valence-corrected chi connectivity index (χ4v) is 4.34. The topological polar surface area (TPSA) is 84.2 Å². The van der Waals surface area contributed by atoms with E-state index in [9.17, 15) is 9.59 Å². The number of ether oxygens (including phenoxy) is 4. The van der Waals surface area contributed by atoms with Gasteiger partial charge in [0.25, 0.3) is 0 Å². The Morgan fingerprint density at radius 3 is 2.44 bits per heavy atom. The fraction of sp³-hybridized carbons (Fsp3) is 0.241. The highest BCUT2D eigenvalue weighted by atomic mass is 16.6. The predicted molar refractivity (Wildman–Crippen MR) is 135 cm³/mol. The van der Waals surface area contributed by atoms with E-state index in [1.165, 1.54) is 7.11 Å². The van der Waals surface area contributed by atoms with Gasteiger partial charge in [-0.25, -0.2) is 4.79 Å². The number of carbonyl (C=O) groups is 1. The molecule has 0 saturated heterocycles. The standard InChI is InChI=1S/C29H26O7/c1-4-19-13-22-25(15-24(19)35-16-18-5-7-20(8-6-18)29(31)32-3)36-17(2)27(28(22)30)21-9-10-23-26(14-21)34-12-11-33-23/h5-10,13-15H,4,11-12,16H2,1-3H3. The molecule has 0 fully saturated rings. The van der Waals surface area contributed by atoms with Crippen LogP contribution >= 0.6 is 0 Å². The van der Waals surface area contributed by atoms with Crippen LogP contribution in [0.3, 0.4) is 0 Å². The summed E-state index contributed by atoms with van der Waals surface area (Å²) in [4.78, 5) is 25.2. The summed E-state index contributed by atoms with van der Waals surface area (Å²) in [7, 11) is 1.35. The third kappa shape index (κ3) is 4.40. The van der Waals surface area contributed by atoms with Crippen molar-refractivity contribution in [2.24, 2.45) is 0 Å². The summed E-state index contributed by atoms with van der Waals surface area (Å²) in [5.74, 6) is 2.07. The Morgan fingerprint density at radius 1 is 0.972 bits per heavy atom. The van der Waals surface area contributed by atoms with E-state index in [2.05, 4.69) is 0 Å². The Balaban J connectivity index is 1.47. The van der Waals surface area contributed by atoms with Crippen molar-refractivity contribution in [2.75, 3.05) is 20.3 Å². The first kappa shape index (κ1) is 23.5. The maximum absolute atomic E-state index is 13.6. The third-order valence-corrected chi connectivity index (χ3v) is 6.23. The van der Waals surface area contributed by atoms with Crippen LogP contribution in [0.5, 0.6) is 17.2 Å². The van der Waals surface area contributed by atoms with Crippen molar-refractivity contribution in [3.63, 3.8) is 0 Å². The van der Waals surface area contributed by atoms with Gasteiger partial charge in [0.2, 0.25) is 5.43 Å². The number of methoxy groups -OCH3 is 1. The van der Waals surface area contributed by atoms with Crippen LogP contribution in [0, 0.1) is 6.92 Å². The summed E-state index contributed by atoms with van der Waals surface area (Å²) in [6, 6.07) is 16.2. The molecule has 7 heteroatoms. The van der Waals surface area contributed by atoms with E-state index in [-0.39, 0.29) is 11.4 Å². The zero-order valence-corrected chi connectivity index (χ0v) is 20.4. The molecular formula is C29H26O7. The molecule has 0 spiro atoms. The van der Waals surface area contributed by atoms with Crippen molar-refractivity contribution in [3.05, 3.63) is 87.3 Å². The summed E-state index contributed by atoms with van der Waals surface area (Å²) in [6.45, 7) is 5.07. The minimum Gasteiger partial charge on any atom is -0.488 e. The highest BCUT2D eigenvalue weighted by molar-refractivity contribution is 5.89. The molecule has 0 saturated carbocycles. The predicted octanol–water partition coefficient (Wildman–Crippen LogP) is 5.47. The monoisotopic (exact) mass is 486 g/mol. The van der Waals surface area contributed by atoms with Crippen molar-refractivity contribution >= 4 is 16.9 Å². The molecular weight excluding hydrogens is 460 g/mol. The van der Waals surface area contributed by atoms with Gasteiger partial charge in [0.1, 0.15) is 36.9 Å². The minimum absolute atomic E-state index is 0.106. The zero-order chi connectivity index (χ0) is 25.2. The van der Waals surface area contributed by atoms with Gasteiger partial charge < -0.3 is 23.4 Å². The molecule has 3 aromatic carbocycles. The van der Waals surface area contributed by atoms with Crippen LogP contribution in [0.15, 0.2) is 63.8 Å². The van der Waals surface area contributed by atoms with Crippen molar-refractivity contribution in [3.8, 4) is 28.4 Å². The van der Waals surface area contributed by atoms with Gasteiger partial charge >= 0.3 is 5.97 Å². The summed E-state index contributed by atoms with van der Waals surface area (Å²) >= 11 is 0. The largest absolute Gasteiger partial charge is 0.488 e. The second kappa shape index (κ2) is 9.77. The molecule has 2 heterocycles. The number of fused-ring (bicyclic) bond motifs is 2. The second-order valence-electron chi connectivity index (χ2n) is 8.51. The molecule has 0 N–H and O–H groups in total. The van der Waals surface area contributed by atoms with Crippen LogP contribution in [0.25, 0.3) is 22.1 Å². The third-order valence-electron chi connectivity index (χ3n) is 6.23. The molecule has 184 valence electrons. The molecule has 7 nitrogen and oxygen atoms in total. The first-order chi connectivity index (χ1) is 17.5. The van der Waals surface area contributed by atoms with Gasteiger partial charge in [0.05, 0.1) is 23.6 Å². The molecule has 0 bridgehead atoms. The number of aryl methyl sites for hydroxylation is 2. The van der Waals surface area contributed by atoms with E-state index in [0.717, 1.165) is 16.7 Å². The SMILES string of the molecule is CCc1cc2c(=O)c(-c3ccc4c(c3)OCCO4)c(C)oc2cc1OCc1ccc(C(=O)OC)cc1. The molecule has 0 atom stereocenters. The van der Waals surface area contributed by atoms with Gasteiger partial charge in [-0.15, -0.1) is 0 Å². The summed E-state index contributed by atoms with van der Waals surface area (Å²) in [5.41, 5.74) is 3.86. The van der Waals surface area contributed by atoms with E-state index >= 15 is 0 Å². The summed E-state index contributed by atoms with van der Waals surface area (Å²) in [5, 5.41) is 0.497. The lowest BCUT2D eigenvalue weighted by Crippen LogP contribution is -2.15. The number of carbonyl (C=O) groups excluding carboxylic acids is 1. The lowest BCUT2D eigenvalue weighted by molar-refractivity contribution is 0.0600. The molecule has 1 aliphatic heterocycles. The lowest BCUT2D eigenvalue weighted by atomic mass is 10.00. The van der Waals surface area contributed by atoms with Gasteiger partial charge in [-0.2, -0.15) is 0 Å². The van der Waals surface area contributed by atoms with Crippen LogP contribution < -0.4 is 19.6 Å². The molecule has 0 aliphatic carbocycles. The fourth-order valence-electron chi connectivity index (χ4n) is 4.34. The number of hydrogen-bond acceptors (Lipinski definition) is 7. The van der Waals surface area contributed by atoms with Crippen molar-refractivity contribution in [2.45, 2.75) is 26.9 Å². The Bertz CT molecular complexity index is 1500. The average molecular weight is 487 g/mol. The quantitative estimate of drug-likeness (QED) is 0.334. The van der Waals surface area contributed by atoms with Crippen molar-refractivity contribution in [1.29, 1.82) is 0 Å². The van der Waals surface area contributed by atoms with E-state index in [0.29, 0.717) is 71.3 Å². The molecule has 5 rings (SSSR count). The first-order valence-corrected chi connectivity index (χ1v) is 11.8. The molecule has 0 unspecified atom stereocenters. The number of rotatable bonds is 6. The normalized spacial score (nSPS) is 12.4. The van der Waals surface area contributed by atoms with Crippen molar-refractivity contribution < 1.29 is 28.2 Å².